The molecular formula is C19H20ClNO2. The highest BCUT2D eigenvalue weighted by atomic mass is 35.5. The summed E-state index contributed by atoms with van der Waals surface area (Å²) in [6.45, 7) is 4.25. The maximum atomic E-state index is 12.3. The Morgan fingerprint density at radius 3 is 2.43 bits per heavy atom. The number of nitrogens with one attached hydrogen (secondary N) is 1. The third-order valence-electron chi connectivity index (χ3n) is 3.26. The lowest BCUT2D eigenvalue weighted by atomic mass is 10.1. The van der Waals surface area contributed by atoms with Gasteiger partial charge in [-0.15, -0.1) is 0 Å². The number of amides is 1. The number of ether oxygens (including phenoxy) is 1. The van der Waals surface area contributed by atoms with Crippen LogP contribution in [0.2, 0.25) is 5.02 Å². The molecule has 0 spiro atoms. The van der Waals surface area contributed by atoms with E-state index in [1.165, 1.54) is 0 Å². The van der Waals surface area contributed by atoms with Crippen LogP contribution in [0.15, 0.2) is 48.5 Å². The van der Waals surface area contributed by atoms with E-state index in [9.17, 15) is 4.79 Å². The number of carbonyl (C=O) groups excluding carboxylic acids is 1. The number of benzene rings is 2. The van der Waals surface area contributed by atoms with E-state index in [1.807, 2.05) is 12.1 Å². The maximum absolute atomic E-state index is 12.3. The van der Waals surface area contributed by atoms with E-state index in [0.717, 1.165) is 5.56 Å². The molecule has 0 fully saturated rings. The van der Waals surface area contributed by atoms with Crippen LogP contribution in [0.1, 0.15) is 29.8 Å². The summed E-state index contributed by atoms with van der Waals surface area (Å²) in [4.78, 5) is 12.3. The third kappa shape index (κ3) is 4.86. The first-order valence-electron chi connectivity index (χ1n) is 7.42. The highest BCUT2D eigenvalue weighted by Gasteiger charge is 2.08. The quantitative estimate of drug-likeness (QED) is 0.811. The van der Waals surface area contributed by atoms with Gasteiger partial charge in [0.25, 0.3) is 5.91 Å². The average Bonchev–Trinajstić information content (AvgIpc) is 2.53. The number of allylic oxidation sites excluding steroid dienone is 1. The molecule has 2 aromatic rings. The standard InChI is InChI=1S/C19H20ClNO2/c1-13(2)4-5-14-6-8-15(9-7-14)19(22)21-16-10-11-18(23-3)17(20)12-16/h4-13H,1-3H3,(H,21,22)/b5-4+. The highest BCUT2D eigenvalue weighted by molar-refractivity contribution is 6.32. The van der Waals surface area contributed by atoms with Crippen molar-refractivity contribution < 1.29 is 9.53 Å². The minimum absolute atomic E-state index is 0.175. The third-order valence-corrected chi connectivity index (χ3v) is 3.55. The molecule has 0 atom stereocenters. The summed E-state index contributed by atoms with van der Waals surface area (Å²) < 4.78 is 5.09. The smallest absolute Gasteiger partial charge is 0.255 e. The van der Waals surface area contributed by atoms with Crippen molar-refractivity contribution in [3.05, 3.63) is 64.7 Å². The molecule has 1 N–H and O–H groups in total. The topological polar surface area (TPSA) is 38.3 Å². The SMILES string of the molecule is COc1ccc(NC(=O)c2ccc(/C=C/C(C)C)cc2)cc1Cl. The van der Waals surface area contributed by atoms with Crippen molar-refractivity contribution in [2.75, 3.05) is 12.4 Å². The minimum atomic E-state index is -0.175. The monoisotopic (exact) mass is 329 g/mol. The van der Waals surface area contributed by atoms with Crippen LogP contribution in [0.25, 0.3) is 6.08 Å². The Morgan fingerprint density at radius 1 is 1.17 bits per heavy atom. The first-order chi connectivity index (χ1) is 11.0. The van der Waals surface area contributed by atoms with E-state index >= 15 is 0 Å². The molecule has 2 rings (SSSR count). The van der Waals surface area contributed by atoms with Crippen molar-refractivity contribution >= 4 is 29.3 Å². The fourth-order valence-corrected chi connectivity index (χ4v) is 2.25. The molecule has 0 aliphatic carbocycles. The number of hydrogen-bond donors (Lipinski definition) is 1. The summed E-state index contributed by atoms with van der Waals surface area (Å²) in [5.74, 6) is 0.898. The van der Waals surface area contributed by atoms with Gasteiger partial charge in [0, 0.05) is 11.3 Å². The van der Waals surface area contributed by atoms with E-state index in [-0.39, 0.29) is 5.91 Å². The molecule has 23 heavy (non-hydrogen) atoms. The molecule has 3 nitrogen and oxygen atoms in total. The molecule has 4 heteroatoms. The first kappa shape index (κ1) is 17.1. The lowest BCUT2D eigenvalue weighted by molar-refractivity contribution is 0.102. The van der Waals surface area contributed by atoms with Gasteiger partial charge >= 0.3 is 0 Å². The lowest BCUT2D eigenvalue weighted by Gasteiger charge is -2.08. The van der Waals surface area contributed by atoms with Crippen LogP contribution in [0.4, 0.5) is 5.69 Å². The van der Waals surface area contributed by atoms with Gasteiger partial charge in [0.05, 0.1) is 12.1 Å². The predicted molar refractivity (Wildman–Crippen MR) is 96.3 cm³/mol. The molecule has 0 saturated carbocycles. The summed E-state index contributed by atoms with van der Waals surface area (Å²) in [6.07, 6.45) is 4.17. The van der Waals surface area contributed by atoms with Gasteiger partial charge in [0.1, 0.15) is 5.75 Å². The largest absolute Gasteiger partial charge is 0.495 e. The molecule has 0 heterocycles. The van der Waals surface area contributed by atoms with E-state index in [0.29, 0.717) is 27.9 Å². The van der Waals surface area contributed by atoms with Gasteiger partial charge in [-0.05, 0) is 41.8 Å². The average molecular weight is 330 g/mol. The number of halogens is 1. The normalized spacial score (nSPS) is 11.0. The fraction of sp³-hybridized carbons (Fsp3) is 0.211. The Morgan fingerprint density at radius 2 is 1.87 bits per heavy atom. The number of anilines is 1. The molecule has 0 aliphatic heterocycles. The second kappa shape index (κ2) is 7.84. The van der Waals surface area contributed by atoms with Gasteiger partial charge in [0.15, 0.2) is 0 Å². The van der Waals surface area contributed by atoms with Crippen LogP contribution >= 0.6 is 11.6 Å². The lowest BCUT2D eigenvalue weighted by Crippen LogP contribution is -2.11. The summed E-state index contributed by atoms with van der Waals surface area (Å²) in [5, 5.41) is 3.28. The summed E-state index contributed by atoms with van der Waals surface area (Å²) >= 11 is 6.06. The minimum Gasteiger partial charge on any atom is -0.495 e. The van der Waals surface area contributed by atoms with Crippen molar-refractivity contribution in [3.63, 3.8) is 0 Å². The number of rotatable bonds is 5. The van der Waals surface area contributed by atoms with Crippen LogP contribution in [0.5, 0.6) is 5.75 Å². The summed E-state index contributed by atoms with van der Waals surface area (Å²) in [6, 6.07) is 12.6. The van der Waals surface area contributed by atoms with Crippen LogP contribution < -0.4 is 10.1 Å². The number of carbonyl (C=O) groups is 1. The summed E-state index contributed by atoms with van der Waals surface area (Å²) in [5.41, 5.74) is 2.30. The molecule has 2 aromatic carbocycles. The van der Waals surface area contributed by atoms with E-state index in [4.69, 9.17) is 16.3 Å². The van der Waals surface area contributed by atoms with Crippen LogP contribution in [-0.2, 0) is 0 Å². The zero-order chi connectivity index (χ0) is 16.8. The second-order valence-corrected chi connectivity index (χ2v) is 5.94. The van der Waals surface area contributed by atoms with Crippen molar-refractivity contribution in [2.45, 2.75) is 13.8 Å². The number of methoxy groups -OCH3 is 1. The van der Waals surface area contributed by atoms with Crippen molar-refractivity contribution in [3.8, 4) is 5.75 Å². The maximum Gasteiger partial charge on any atom is 0.255 e. The van der Waals surface area contributed by atoms with Crippen molar-refractivity contribution in [1.82, 2.24) is 0 Å². The molecular weight excluding hydrogens is 310 g/mol. The Hall–Kier alpha value is -2.26. The molecule has 0 radical (unpaired) electrons. The zero-order valence-corrected chi connectivity index (χ0v) is 14.2. The van der Waals surface area contributed by atoms with Gasteiger partial charge < -0.3 is 10.1 Å². The Balaban J connectivity index is 2.07. The molecule has 1 amide bonds. The molecule has 0 saturated heterocycles. The van der Waals surface area contributed by atoms with Crippen molar-refractivity contribution in [2.24, 2.45) is 5.92 Å². The molecule has 0 aliphatic rings. The van der Waals surface area contributed by atoms with Gasteiger partial charge in [-0.1, -0.05) is 49.7 Å². The van der Waals surface area contributed by atoms with Gasteiger partial charge in [-0.25, -0.2) is 0 Å². The van der Waals surface area contributed by atoms with Gasteiger partial charge in [-0.2, -0.15) is 0 Å². The van der Waals surface area contributed by atoms with Crippen LogP contribution in [0.3, 0.4) is 0 Å². The highest BCUT2D eigenvalue weighted by Crippen LogP contribution is 2.27. The molecule has 0 unspecified atom stereocenters. The Bertz CT molecular complexity index is 706. The zero-order valence-electron chi connectivity index (χ0n) is 13.5. The summed E-state index contributed by atoms with van der Waals surface area (Å²) in [7, 11) is 1.55. The van der Waals surface area contributed by atoms with Crippen molar-refractivity contribution in [1.29, 1.82) is 0 Å². The van der Waals surface area contributed by atoms with E-state index < -0.39 is 0 Å². The second-order valence-electron chi connectivity index (χ2n) is 5.53. The van der Waals surface area contributed by atoms with Crippen LogP contribution in [0, 0.1) is 5.92 Å². The fourth-order valence-electron chi connectivity index (χ4n) is 2.00. The van der Waals surface area contributed by atoms with Gasteiger partial charge in [-0.3, -0.25) is 4.79 Å². The van der Waals surface area contributed by atoms with E-state index in [1.54, 1.807) is 37.4 Å². The molecule has 0 bridgehead atoms. The number of hydrogen-bond acceptors (Lipinski definition) is 2. The Kier molecular flexibility index (Phi) is 5.83. The van der Waals surface area contributed by atoms with Crippen LogP contribution in [-0.4, -0.2) is 13.0 Å². The molecule has 120 valence electrons. The van der Waals surface area contributed by atoms with E-state index in [2.05, 4.69) is 31.3 Å². The molecule has 0 aromatic heterocycles. The van der Waals surface area contributed by atoms with Gasteiger partial charge in [0.2, 0.25) is 0 Å². The first-order valence-corrected chi connectivity index (χ1v) is 7.80. The predicted octanol–water partition coefficient (Wildman–Crippen LogP) is 5.27. The Labute approximate surface area is 141 Å².